The molecule has 0 unspecified atom stereocenters. The molecule has 0 spiro atoms. The third-order valence-electron chi connectivity index (χ3n) is 4.86. The van der Waals surface area contributed by atoms with Crippen molar-refractivity contribution in [1.82, 2.24) is 24.6 Å². The summed E-state index contributed by atoms with van der Waals surface area (Å²) in [5, 5.41) is 4.20. The summed E-state index contributed by atoms with van der Waals surface area (Å²) < 4.78 is 1.78. The zero-order valence-electron chi connectivity index (χ0n) is 14.6. The minimum absolute atomic E-state index is 0.0363. The van der Waals surface area contributed by atoms with Gasteiger partial charge >= 0.3 is 0 Å². The van der Waals surface area contributed by atoms with Gasteiger partial charge in [0.15, 0.2) is 0 Å². The van der Waals surface area contributed by atoms with E-state index in [1.54, 1.807) is 17.1 Å². The Balaban J connectivity index is 1.70. The molecule has 2 atom stereocenters. The van der Waals surface area contributed by atoms with Crippen molar-refractivity contribution in [2.24, 2.45) is 5.92 Å². The van der Waals surface area contributed by atoms with E-state index in [2.05, 4.69) is 28.1 Å². The summed E-state index contributed by atoms with van der Waals surface area (Å²) in [6.45, 7) is 4.56. The number of aryl methyl sites for hydroxylation is 1. The Labute approximate surface area is 143 Å². The highest BCUT2D eigenvalue weighted by atomic mass is 16.2. The molecule has 1 saturated heterocycles. The van der Waals surface area contributed by atoms with Crippen molar-refractivity contribution in [3.05, 3.63) is 48.0 Å². The Morgan fingerprint density at radius 3 is 2.92 bits per heavy atom. The smallest absolute Gasteiger partial charge is 0.256 e. The molecule has 0 aromatic carbocycles. The molecule has 1 fully saturated rings. The van der Waals surface area contributed by atoms with E-state index < -0.39 is 0 Å². The molecule has 24 heavy (non-hydrogen) atoms. The minimum atomic E-state index is 0.0363. The van der Waals surface area contributed by atoms with Crippen LogP contribution in [-0.4, -0.2) is 57.7 Å². The van der Waals surface area contributed by atoms with Crippen LogP contribution >= 0.6 is 0 Å². The van der Waals surface area contributed by atoms with Crippen LogP contribution < -0.4 is 0 Å². The fraction of sp³-hybridized carbons (Fsp3) is 0.500. The van der Waals surface area contributed by atoms with Crippen LogP contribution in [0.4, 0.5) is 0 Å². The predicted octanol–water partition coefficient (Wildman–Crippen LogP) is 2.06. The van der Waals surface area contributed by atoms with Crippen LogP contribution in [0.25, 0.3) is 0 Å². The lowest BCUT2D eigenvalue weighted by Crippen LogP contribution is -2.34. The van der Waals surface area contributed by atoms with E-state index in [-0.39, 0.29) is 5.91 Å². The third-order valence-corrected chi connectivity index (χ3v) is 4.86. The molecule has 0 N–H and O–H groups in total. The first-order valence-electron chi connectivity index (χ1n) is 8.48. The molecule has 0 aliphatic carbocycles. The molecule has 6 heteroatoms. The summed E-state index contributed by atoms with van der Waals surface area (Å²) in [5.41, 5.74) is 1.88. The number of amides is 1. The van der Waals surface area contributed by atoms with Gasteiger partial charge in [0.1, 0.15) is 0 Å². The van der Waals surface area contributed by atoms with Gasteiger partial charge < -0.3 is 4.90 Å². The molecule has 3 rings (SSSR count). The van der Waals surface area contributed by atoms with Crippen LogP contribution in [0.5, 0.6) is 0 Å². The van der Waals surface area contributed by atoms with Crippen molar-refractivity contribution < 1.29 is 4.79 Å². The number of rotatable bonds is 5. The summed E-state index contributed by atoms with van der Waals surface area (Å²) in [7, 11) is 4.02. The van der Waals surface area contributed by atoms with Crippen molar-refractivity contribution in [3.63, 3.8) is 0 Å². The monoisotopic (exact) mass is 327 g/mol. The molecule has 128 valence electrons. The van der Waals surface area contributed by atoms with Crippen molar-refractivity contribution in [3.8, 4) is 0 Å². The molecular weight excluding hydrogens is 302 g/mol. The Kier molecular flexibility index (Phi) is 4.94. The minimum Gasteiger partial charge on any atom is -0.341 e. The number of carbonyl (C=O) groups excluding carboxylic acids is 1. The van der Waals surface area contributed by atoms with Crippen LogP contribution in [0.15, 0.2) is 36.9 Å². The van der Waals surface area contributed by atoms with E-state index in [9.17, 15) is 4.79 Å². The van der Waals surface area contributed by atoms with Crippen molar-refractivity contribution in [1.29, 1.82) is 0 Å². The molecule has 1 amide bonds. The highest BCUT2D eigenvalue weighted by Crippen LogP contribution is 2.36. The van der Waals surface area contributed by atoms with Gasteiger partial charge in [-0.3, -0.25) is 19.4 Å². The van der Waals surface area contributed by atoms with Crippen LogP contribution in [0.3, 0.4) is 0 Å². The van der Waals surface area contributed by atoms with Gasteiger partial charge in [-0.2, -0.15) is 5.10 Å². The van der Waals surface area contributed by atoms with Crippen LogP contribution in [-0.2, 0) is 6.54 Å². The zero-order chi connectivity index (χ0) is 17.1. The topological polar surface area (TPSA) is 54.3 Å². The van der Waals surface area contributed by atoms with Gasteiger partial charge in [-0.25, -0.2) is 0 Å². The number of nitrogens with zero attached hydrogens (tertiary/aromatic N) is 5. The Hall–Kier alpha value is -2.21. The van der Waals surface area contributed by atoms with E-state index in [1.807, 2.05) is 37.3 Å². The first-order chi connectivity index (χ1) is 11.6. The largest absolute Gasteiger partial charge is 0.341 e. The Morgan fingerprint density at radius 1 is 1.42 bits per heavy atom. The first kappa shape index (κ1) is 16.6. The maximum absolute atomic E-state index is 12.6. The zero-order valence-corrected chi connectivity index (χ0v) is 14.6. The summed E-state index contributed by atoms with van der Waals surface area (Å²) in [6, 6.07) is 4.42. The van der Waals surface area contributed by atoms with Gasteiger partial charge in [0.05, 0.1) is 11.8 Å². The van der Waals surface area contributed by atoms with Crippen LogP contribution in [0.2, 0.25) is 0 Å². The van der Waals surface area contributed by atoms with Crippen molar-refractivity contribution in [2.75, 3.05) is 27.2 Å². The highest BCUT2D eigenvalue weighted by molar-refractivity contribution is 5.93. The van der Waals surface area contributed by atoms with E-state index >= 15 is 0 Å². The second-order valence-electron chi connectivity index (χ2n) is 6.53. The van der Waals surface area contributed by atoms with Gasteiger partial charge in [-0.1, -0.05) is 6.07 Å². The predicted molar refractivity (Wildman–Crippen MR) is 92.6 cm³/mol. The van der Waals surface area contributed by atoms with E-state index in [0.717, 1.165) is 26.1 Å². The number of carbonyl (C=O) groups is 1. The van der Waals surface area contributed by atoms with Crippen molar-refractivity contribution >= 4 is 5.91 Å². The van der Waals surface area contributed by atoms with E-state index in [0.29, 0.717) is 17.5 Å². The van der Waals surface area contributed by atoms with Gasteiger partial charge in [-0.05, 0) is 44.5 Å². The fourth-order valence-electron chi connectivity index (χ4n) is 3.60. The second-order valence-corrected chi connectivity index (χ2v) is 6.53. The molecule has 2 aromatic rings. The molecule has 0 bridgehead atoms. The third kappa shape index (κ3) is 3.33. The maximum atomic E-state index is 12.6. The van der Waals surface area contributed by atoms with Crippen molar-refractivity contribution in [2.45, 2.75) is 25.9 Å². The lowest BCUT2D eigenvalue weighted by atomic mass is 9.94. The molecule has 1 aliphatic rings. The average molecular weight is 327 g/mol. The first-order valence-corrected chi connectivity index (χ1v) is 8.48. The van der Waals surface area contributed by atoms with Crippen LogP contribution in [0.1, 0.15) is 35.3 Å². The molecule has 0 radical (unpaired) electrons. The normalized spacial score (nSPS) is 21.1. The molecular formula is C18H25N5O. The van der Waals surface area contributed by atoms with Gasteiger partial charge in [0.2, 0.25) is 0 Å². The summed E-state index contributed by atoms with van der Waals surface area (Å²) in [5.74, 6) is 0.448. The lowest BCUT2D eigenvalue weighted by Gasteiger charge is -2.28. The number of hydrogen-bond acceptors (Lipinski definition) is 4. The van der Waals surface area contributed by atoms with Crippen LogP contribution in [0, 0.1) is 5.92 Å². The standard InChI is InChI=1S/C18H25N5O/c1-4-23-13-16(11-20-23)18(24)22(3)12-15-7-9-21(2)17(15)14-6-5-8-19-10-14/h5-6,8,10-11,13,15,17H,4,7,9,12H2,1-3H3/t15-,17-/m0/s1. The summed E-state index contributed by atoms with van der Waals surface area (Å²) in [6.07, 6.45) is 8.29. The quantitative estimate of drug-likeness (QED) is 0.843. The molecule has 6 nitrogen and oxygen atoms in total. The fourth-order valence-corrected chi connectivity index (χ4v) is 3.60. The molecule has 1 aliphatic heterocycles. The van der Waals surface area contributed by atoms with Gasteiger partial charge in [-0.15, -0.1) is 0 Å². The van der Waals surface area contributed by atoms with Gasteiger partial charge in [0, 0.05) is 44.8 Å². The maximum Gasteiger partial charge on any atom is 0.256 e. The Morgan fingerprint density at radius 2 is 2.25 bits per heavy atom. The lowest BCUT2D eigenvalue weighted by molar-refractivity contribution is 0.0760. The number of aromatic nitrogens is 3. The van der Waals surface area contributed by atoms with Gasteiger partial charge in [0.25, 0.3) is 5.91 Å². The average Bonchev–Trinajstić information content (AvgIpc) is 3.22. The van der Waals surface area contributed by atoms with E-state index in [4.69, 9.17) is 0 Å². The Bertz CT molecular complexity index is 684. The molecule has 2 aromatic heterocycles. The number of pyridine rings is 1. The SMILES string of the molecule is CCn1cc(C(=O)N(C)C[C@@H]2CCN(C)[C@H]2c2cccnc2)cn1. The number of likely N-dealkylation sites (tertiary alicyclic amines) is 1. The second kappa shape index (κ2) is 7.13. The highest BCUT2D eigenvalue weighted by Gasteiger charge is 2.34. The summed E-state index contributed by atoms with van der Waals surface area (Å²) in [4.78, 5) is 21.1. The number of hydrogen-bond donors (Lipinski definition) is 0. The van der Waals surface area contributed by atoms with E-state index in [1.165, 1.54) is 5.56 Å². The molecule has 3 heterocycles. The summed E-state index contributed by atoms with van der Waals surface area (Å²) >= 11 is 0. The molecule has 0 saturated carbocycles.